The number of carbonyl (C=O) groups excluding carboxylic acids is 3. The van der Waals surface area contributed by atoms with Gasteiger partial charge in [-0.3, -0.25) is 25.2 Å². The summed E-state index contributed by atoms with van der Waals surface area (Å²) in [7, 11) is 0. The number of halogens is 1. The molecule has 0 saturated heterocycles. The second-order valence-corrected chi connectivity index (χ2v) is 6.74. The summed E-state index contributed by atoms with van der Waals surface area (Å²) >= 11 is 6.13. The second-order valence-electron chi connectivity index (χ2n) is 6.33. The molecular formula is C17H22ClN3O4. The fourth-order valence-corrected chi connectivity index (χ4v) is 2.26. The summed E-state index contributed by atoms with van der Waals surface area (Å²) in [6.45, 7) is 5.53. The molecule has 1 aliphatic carbocycles. The Hall–Kier alpha value is -2.28. The van der Waals surface area contributed by atoms with Gasteiger partial charge in [0, 0.05) is 11.1 Å². The van der Waals surface area contributed by atoms with E-state index in [4.69, 9.17) is 16.3 Å². The molecule has 8 heteroatoms. The fraction of sp³-hybridized carbons (Fsp3) is 0.471. The number of ether oxygens (including phenoxy) is 1. The van der Waals surface area contributed by atoms with Crippen LogP contribution in [0.4, 0.5) is 0 Å². The summed E-state index contributed by atoms with van der Waals surface area (Å²) in [6.07, 6.45) is 1.75. The van der Waals surface area contributed by atoms with Crippen molar-refractivity contribution in [1.82, 2.24) is 16.2 Å². The molecule has 1 aromatic rings. The van der Waals surface area contributed by atoms with Crippen molar-refractivity contribution in [1.29, 1.82) is 0 Å². The Morgan fingerprint density at radius 2 is 1.88 bits per heavy atom. The van der Waals surface area contributed by atoms with Crippen LogP contribution in [-0.2, 0) is 14.4 Å². The van der Waals surface area contributed by atoms with Crippen LogP contribution in [0.2, 0.25) is 5.02 Å². The smallest absolute Gasteiger partial charge is 0.327 e. The van der Waals surface area contributed by atoms with Crippen molar-refractivity contribution < 1.29 is 19.1 Å². The molecule has 1 aliphatic rings. The van der Waals surface area contributed by atoms with Gasteiger partial charge in [0.15, 0.2) is 6.61 Å². The van der Waals surface area contributed by atoms with Crippen LogP contribution in [0.1, 0.15) is 43.7 Å². The topological polar surface area (TPSA) is 96.5 Å². The van der Waals surface area contributed by atoms with Crippen LogP contribution in [0, 0.1) is 6.92 Å². The van der Waals surface area contributed by atoms with Gasteiger partial charge in [-0.1, -0.05) is 25.4 Å². The average molecular weight is 368 g/mol. The molecule has 1 fully saturated rings. The van der Waals surface area contributed by atoms with E-state index in [0.29, 0.717) is 10.8 Å². The van der Waals surface area contributed by atoms with Gasteiger partial charge in [-0.25, -0.2) is 0 Å². The monoisotopic (exact) mass is 367 g/mol. The van der Waals surface area contributed by atoms with Gasteiger partial charge in [-0.15, -0.1) is 0 Å². The molecule has 2 rings (SSSR count). The highest BCUT2D eigenvalue weighted by atomic mass is 35.5. The highest BCUT2D eigenvalue weighted by molar-refractivity contribution is 6.35. The summed E-state index contributed by atoms with van der Waals surface area (Å²) in [6, 6.07) is 3.66. The molecule has 1 saturated carbocycles. The van der Waals surface area contributed by atoms with Crippen LogP contribution in [0.3, 0.4) is 0 Å². The van der Waals surface area contributed by atoms with Gasteiger partial charge in [0.25, 0.3) is 5.91 Å². The van der Waals surface area contributed by atoms with Gasteiger partial charge >= 0.3 is 11.8 Å². The van der Waals surface area contributed by atoms with Gasteiger partial charge in [0.1, 0.15) is 5.75 Å². The van der Waals surface area contributed by atoms with Gasteiger partial charge in [-0.05, 0) is 48.9 Å². The molecule has 7 nitrogen and oxygen atoms in total. The van der Waals surface area contributed by atoms with Gasteiger partial charge in [0.05, 0.1) is 0 Å². The number of nitrogens with one attached hydrogen (secondary N) is 3. The largest absolute Gasteiger partial charge is 0.483 e. The summed E-state index contributed by atoms with van der Waals surface area (Å²) in [5, 5.41) is 3.15. The third-order valence-corrected chi connectivity index (χ3v) is 4.11. The van der Waals surface area contributed by atoms with Crippen LogP contribution in [0.5, 0.6) is 5.75 Å². The average Bonchev–Trinajstić information content (AvgIpc) is 3.36. The molecule has 25 heavy (non-hydrogen) atoms. The molecule has 0 radical (unpaired) electrons. The SMILES string of the molecule is Cc1cc(OCC(=O)NNC(=O)C(=O)NC2CC2)c(C(C)C)cc1Cl. The summed E-state index contributed by atoms with van der Waals surface area (Å²) < 4.78 is 5.54. The standard InChI is InChI=1S/C17H22ClN3O4/c1-9(2)12-7-13(18)10(3)6-14(12)25-8-15(22)20-21-17(24)16(23)19-11-4-5-11/h6-7,9,11H,4-5,8H2,1-3H3,(H,19,23)(H,20,22)(H,21,24). The summed E-state index contributed by atoms with van der Waals surface area (Å²) in [5.74, 6) is -1.52. The Balaban J connectivity index is 1.84. The first-order valence-electron chi connectivity index (χ1n) is 8.10. The van der Waals surface area contributed by atoms with Crippen molar-refractivity contribution >= 4 is 29.3 Å². The Morgan fingerprint density at radius 1 is 1.20 bits per heavy atom. The minimum atomic E-state index is -0.912. The Labute approximate surface area is 151 Å². The van der Waals surface area contributed by atoms with Crippen molar-refractivity contribution in [2.24, 2.45) is 0 Å². The van der Waals surface area contributed by atoms with E-state index in [0.717, 1.165) is 24.0 Å². The van der Waals surface area contributed by atoms with Crippen LogP contribution in [0.25, 0.3) is 0 Å². The molecule has 0 atom stereocenters. The van der Waals surface area contributed by atoms with E-state index in [-0.39, 0.29) is 18.6 Å². The first-order chi connectivity index (χ1) is 11.8. The van der Waals surface area contributed by atoms with Crippen molar-refractivity contribution in [3.8, 4) is 5.75 Å². The van der Waals surface area contributed by atoms with Crippen molar-refractivity contribution in [2.45, 2.75) is 45.6 Å². The second kappa shape index (κ2) is 8.20. The number of hydrogen-bond donors (Lipinski definition) is 3. The van der Waals surface area contributed by atoms with Crippen molar-refractivity contribution in [2.75, 3.05) is 6.61 Å². The minimum absolute atomic E-state index is 0.0693. The minimum Gasteiger partial charge on any atom is -0.483 e. The number of hydrogen-bond acceptors (Lipinski definition) is 4. The maximum absolute atomic E-state index is 11.8. The molecule has 0 unspecified atom stereocenters. The van der Waals surface area contributed by atoms with Crippen molar-refractivity contribution in [3.63, 3.8) is 0 Å². The molecule has 1 aromatic carbocycles. The maximum atomic E-state index is 11.8. The molecule has 0 heterocycles. The lowest BCUT2D eigenvalue weighted by atomic mass is 10.0. The predicted octanol–water partition coefficient (Wildman–Crippen LogP) is 1.58. The van der Waals surface area contributed by atoms with Crippen molar-refractivity contribution in [3.05, 3.63) is 28.3 Å². The summed E-state index contributed by atoms with van der Waals surface area (Å²) in [5.41, 5.74) is 5.93. The molecule has 3 amide bonds. The van der Waals surface area contributed by atoms with E-state index in [2.05, 4.69) is 16.2 Å². The number of benzene rings is 1. The Kier molecular flexibility index (Phi) is 6.25. The fourth-order valence-electron chi connectivity index (χ4n) is 2.09. The van der Waals surface area contributed by atoms with E-state index in [1.54, 1.807) is 6.07 Å². The van der Waals surface area contributed by atoms with Crippen LogP contribution < -0.4 is 20.9 Å². The zero-order valence-electron chi connectivity index (χ0n) is 14.4. The number of carbonyl (C=O) groups is 3. The van der Waals surface area contributed by atoms with Gasteiger partial charge < -0.3 is 10.1 Å². The molecule has 0 aromatic heterocycles. The maximum Gasteiger partial charge on any atom is 0.327 e. The van der Waals surface area contributed by atoms with E-state index < -0.39 is 17.7 Å². The number of hydrazine groups is 1. The highest BCUT2D eigenvalue weighted by Crippen LogP contribution is 2.31. The summed E-state index contributed by atoms with van der Waals surface area (Å²) in [4.78, 5) is 34.8. The number of amides is 3. The Bertz CT molecular complexity index is 687. The molecule has 136 valence electrons. The zero-order valence-corrected chi connectivity index (χ0v) is 15.2. The highest BCUT2D eigenvalue weighted by Gasteiger charge is 2.26. The lowest BCUT2D eigenvalue weighted by Crippen LogP contribution is -2.50. The molecule has 3 N–H and O–H groups in total. The molecule has 0 bridgehead atoms. The lowest BCUT2D eigenvalue weighted by molar-refractivity contribution is -0.141. The first kappa shape index (κ1) is 19.1. The van der Waals surface area contributed by atoms with E-state index in [9.17, 15) is 14.4 Å². The predicted molar refractivity (Wildman–Crippen MR) is 93.2 cm³/mol. The Morgan fingerprint density at radius 3 is 2.48 bits per heavy atom. The van der Waals surface area contributed by atoms with Crippen LogP contribution >= 0.6 is 11.6 Å². The first-order valence-corrected chi connectivity index (χ1v) is 8.48. The van der Waals surface area contributed by atoms with Gasteiger partial charge in [0.2, 0.25) is 0 Å². The van der Waals surface area contributed by atoms with Crippen LogP contribution in [-0.4, -0.2) is 30.4 Å². The zero-order chi connectivity index (χ0) is 18.6. The van der Waals surface area contributed by atoms with E-state index in [1.807, 2.05) is 26.8 Å². The van der Waals surface area contributed by atoms with E-state index in [1.165, 1.54) is 0 Å². The normalized spacial score (nSPS) is 13.3. The third kappa shape index (κ3) is 5.63. The van der Waals surface area contributed by atoms with Crippen LogP contribution in [0.15, 0.2) is 12.1 Å². The molecule has 0 spiro atoms. The third-order valence-electron chi connectivity index (χ3n) is 3.71. The number of aryl methyl sites for hydroxylation is 1. The molecule has 0 aliphatic heterocycles. The van der Waals surface area contributed by atoms with E-state index >= 15 is 0 Å². The lowest BCUT2D eigenvalue weighted by Gasteiger charge is -2.16. The van der Waals surface area contributed by atoms with Gasteiger partial charge in [-0.2, -0.15) is 0 Å². The quantitative estimate of drug-likeness (QED) is 0.543. The number of rotatable bonds is 5. The molecular weight excluding hydrogens is 346 g/mol.